The summed E-state index contributed by atoms with van der Waals surface area (Å²) in [6, 6.07) is 14.6. The third-order valence-corrected chi connectivity index (χ3v) is 4.80. The Morgan fingerprint density at radius 2 is 1.43 bits per heavy atom. The summed E-state index contributed by atoms with van der Waals surface area (Å²) >= 11 is 0. The van der Waals surface area contributed by atoms with E-state index < -0.39 is 36.8 Å². The van der Waals surface area contributed by atoms with Gasteiger partial charge in [-0.25, -0.2) is 4.79 Å². The van der Waals surface area contributed by atoms with Crippen molar-refractivity contribution in [2.45, 2.75) is 25.3 Å². The van der Waals surface area contributed by atoms with E-state index in [0.717, 1.165) is 30.3 Å². The molecule has 0 saturated heterocycles. The molecule has 0 heterocycles. The molecule has 3 rings (SSSR count). The van der Waals surface area contributed by atoms with Crippen LogP contribution < -0.4 is 20.9 Å². The molecule has 0 aliphatic heterocycles. The summed E-state index contributed by atoms with van der Waals surface area (Å²) in [6.07, 6.45) is -6.63. The van der Waals surface area contributed by atoms with Gasteiger partial charge < -0.3 is 25.7 Å². The molecule has 0 amide bonds. The van der Waals surface area contributed by atoms with Gasteiger partial charge in [0.05, 0.1) is 18.6 Å². The van der Waals surface area contributed by atoms with Crippen molar-refractivity contribution in [1.29, 1.82) is 0 Å². The fourth-order valence-corrected chi connectivity index (χ4v) is 3.08. The topological polar surface area (TPSA) is 96.8 Å². The second-order valence-corrected chi connectivity index (χ2v) is 7.87. The van der Waals surface area contributed by atoms with E-state index in [0.29, 0.717) is 22.5 Å². The van der Waals surface area contributed by atoms with Crippen LogP contribution in [0, 0.1) is 0 Å². The zero-order valence-corrected chi connectivity index (χ0v) is 19.3. The first-order valence-electron chi connectivity index (χ1n) is 10.9. The van der Waals surface area contributed by atoms with E-state index in [1.165, 1.54) is 30.3 Å². The van der Waals surface area contributed by atoms with Crippen LogP contribution in [-0.4, -0.2) is 18.8 Å². The predicted octanol–water partition coefficient (Wildman–Crippen LogP) is 6.07. The monoisotopic (exact) mass is 522 g/mol. The number of ether oxygens (including phenoxy) is 3. The molecule has 0 unspecified atom stereocenters. The van der Waals surface area contributed by atoms with Gasteiger partial charge >= 0.3 is 18.3 Å². The number of nitrogen functional groups attached to an aromatic ring is 2. The van der Waals surface area contributed by atoms with Crippen molar-refractivity contribution in [2.75, 3.05) is 18.1 Å². The first-order valence-corrected chi connectivity index (χ1v) is 10.9. The summed E-state index contributed by atoms with van der Waals surface area (Å²) in [5.41, 5.74) is 12.9. The van der Waals surface area contributed by atoms with E-state index in [4.69, 9.17) is 25.7 Å². The lowest BCUT2D eigenvalue weighted by Gasteiger charge is -2.18. The smallest absolute Gasteiger partial charge is 0.426 e. The molecule has 4 N–H and O–H groups in total. The highest BCUT2D eigenvalue weighted by atomic mass is 19.4. The van der Waals surface area contributed by atoms with Crippen molar-refractivity contribution in [3.05, 3.63) is 89.5 Å². The zero-order valence-electron chi connectivity index (χ0n) is 19.3. The first-order chi connectivity index (χ1) is 17.4. The van der Waals surface area contributed by atoms with Gasteiger partial charge in [-0.15, -0.1) is 0 Å². The lowest BCUT2D eigenvalue weighted by Crippen LogP contribution is -2.21. The molecular formula is C26H23F5N2O4. The highest BCUT2D eigenvalue weighted by Crippen LogP contribution is 2.32. The molecule has 3 aromatic carbocycles. The van der Waals surface area contributed by atoms with Crippen LogP contribution in [0.25, 0.3) is 6.08 Å². The lowest BCUT2D eigenvalue weighted by molar-refractivity contribution is -0.185. The van der Waals surface area contributed by atoms with E-state index in [1.807, 2.05) is 0 Å². The van der Waals surface area contributed by atoms with Crippen LogP contribution in [0.15, 0.2) is 72.8 Å². The number of nitrogens with two attached hydrogens (primary N) is 2. The quantitative estimate of drug-likeness (QED) is 0.145. The number of esters is 1. The van der Waals surface area contributed by atoms with Crippen LogP contribution in [0.5, 0.6) is 11.5 Å². The molecule has 0 bridgehead atoms. The molecule has 0 aliphatic rings. The van der Waals surface area contributed by atoms with Crippen molar-refractivity contribution in [3.63, 3.8) is 0 Å². The largest absolute Gasteiger partial charge is 0.493 e. The fraction of sp³-hybridized carbons (Fsp3) is 0.192. The standard InChI is InChI=1S/C26H23F5N2O4/c27-25(28,29)11-12-35-22-6-8-23(9-7-22)37-26(30,31)19-4-1-17(2-5-19)3-10-24(34)36-16-18-13-20(32)15-21(33)14-18/h1-10,13-15H,11-12,16,32-33H2/b10-3+. The SMILES string of the molecule is Nc1cc(N)cc(COC(=O)/C=C/c2ccc(C(F)(F)Oc3ccc(OCCC(F)(F)F)cc3)cc2)c1. The number of benzene rings is 3. The van der Waals surface area contributed by atoms with Crippen LogP contribution in [0.3, 0.4) is 0 Å². The number of carbonyl (C=O) groups is 1. The molecule has 0 spiro atoms. The Morgan fingerprint density at radius 3 is 2.03 bits per heavy atom. The summed E-state index contributed by atoms with van der Waals surface area (Å²) < 4.78 is 80.4. The van der Waals surface area contributed by atoms with Crippen molar-refractivity contribution < 1.29 is 41.0 Å². The fourth-order valence-electron chi connectivity index (χ4n) is 3.08. The molecule has 0 atom stereocenters. The summed E-state index contributed by atoms with van der Waals surface area (Å²) in [6.45, 7) is -0.628. The number of anilines is 2. The third kappa shape index (κ3) is 9.02. The molecule has 0 fully saturated rings. The van der Waals surface area contributed by atoms with Gasteiger partial charge in [0, 0.05) is 17.5 Å². The summed E-state index contributed by atoms with van der Waals surface area (Å²) in [7, 11) is 0. The van der Waals surface area contributed by atoms with Crippen molar-refractivity contribution >= 4 is 23.4 Å². The molecule has 3 aromatic rings. The normalized spacial score (nSPS) is 11.9. The van der Waals surface area contributed by atoms with E-state index in [-0.39, 0.29) is 18.1 Å². The third-order valence-electron chi connectivity index (χ3n) is 4.80. The average molecular weight is 522 g/mol. The average Bonchev–Trinajstić information content (AvgIpc) is 2.81. The van der Waals surface area contributed by atoms with E-state index >= 15 is 0 Å². The van der Waals surface area contributed by atoms with E-state index in [9.17, 15) is 26.7 Å². The maximum atomic E-state index is 14.6. The van der Waals surface area contributed by atoms with Crippen LogP contribution in [0.1, 0.15) is 23.1 Å². The first kappa shape index (κ1) is 27.3. The minimum Gasteiger partial charge on any atom is -0.493 e. The van der Waals surface area contributed by atoms with Gasteiger partial charge in [-0.3, -0.25) is 0 Å². The Kier molecular flexibility index (Phi) is 8.59. The minimum absolute atomic E-state index is 0.0401. The lowest BCUT2D eigenvalue weighted by atomic mass is 10.1. The van der Waals surface area contributed by atoms with Crippen molar-refractivity contribution in [3.8, 4) is 11.5 Å². The molecule has 37 heavy (non-hydrogen) atoms. The molecule has 6 nitrogen and oxygen atoms in total. The van der Waals surface area contributed by atoms with Crippen LogP contribution in [-0.2, 0) is 22.2 Å². The Labute approximate surface area is 209 Å². The summed E-state index contributed by atoms with van der Waals surface area (Å²) in [5.74, 6) is -0.766. The molecular weight excluding hydrogens is 499 g/mol. The number of rotatable bonds is 10. The zero-order chi connectivity index (χ0) is 27.1. The minimum atomic E-state index is -4.35. The van der Waals surface area contributed by atoms with Gasteiger partial charge in [-0.1, -0.05) is 12.1 Å². The van der Waals surface area contributed by atoms with Gasteiger partial charge in [-0.2, -0.15) is 22.0 Å². The molecule has 0 saturated carbocycles. The highest BCUT2D eigenvalue weighted by molar-refractivity contribution is 5.87. The second-order valence-electron chi connectivity index (χ2n) is 7.87. The molecule has 0 radical (unpaired) electrons. The molecule has 0 aliphatic carbocycles. The van der Waals surface area contributed by atoms with Crippen LogP contribution in [0.4, 0.5) is 33.3 Å². The highest BCUT2D eigenvalue weighted by Gasteiger charge is 2.34. The molecule has 11 heteroatoms. The maximum absolute atomic E-state index is 14.6. The van der Waals surface area contributed by atoms with Crippen LogP contribution in [0.2, 0.25) is 0 Å². The molecule has 196 valence electrons. The van der Waals surface area contributed by atoms with Gasteiger partial charge in [0.2, 0.25) is 0 Å². The van der Waals surface area contributed by atoms with Gasteiger partial charge in [0.1, 0.15) is 18.1 Å². The number of carbonyl (C=O) groups excluding carboxylic acids is 1. The summed E-state index contributed by atoms with van der Waals surface area (Å²) in [4.78, 5) is 11.9. The number of hydrogen-bond acceptors (Lipinski definition) is 6. The number of hydrogen-bond donors (Lipinski definition) is 2. The summed E-state index contributed by atoms with van der Waals surface area (Å²) in [5, 5.41) is 0. The Balaban J connectivity index is 1.52. The molecule has 0 aromatic heterocycles. The van der Waals surface area contributed by atoms with Gasteiger partial charge in [0.25, 0.3) is 0 Å². The Bertz CT molecular complexity index is 1210. The van der Waals surface area contributed by atoms with E-state index in [1.54, 1.807) is 18.2 Å². The van der Waals surface area contributed by atoms with Gasteiger partial charge in [0.15, 0.2) is 0 Å². The predicted molar refractivity (Wildman–Crippen MR) is 128 cm³/mol. The number of alkyl halides is 5. The number of halogens is 5. The van der Waals surface area contributed by atoms with Crippen molar-refractivity contribution in [1.82, 2.24) is 0 Å². The van der Waals surface area contributed by atoms with E-state index in [2.05, 4.69) is 0 Å². The van der Waals surface area contributed by atoms with Crippen molar-refractivity contribution in [2.24, 2.45) is 0 Å². The van der Waals surface area contributed by atoms with Crippen LogP contribution >= 0.6 is 0 Å². The Morgan fingerprint density at radius 1 is 0.838 bits per heavy atom. The van der Waals surface area contributed by atoms with Gasteiger partial charge in [-0.05, 0) is 71.8 Å². The maximum Gasteiger partial charge on any atom is 0.426 e. The Hall–Kier alpha value is -4.28. The second kappa shape index (κ2) is 11.6.